The molecule has 0 atom stereocenters. The van der Waals surface area contributed by atoms with E-state index in [0.717, 1.165) is 11.1 Å². The van der Waals surface area contributed by atoms with Crippen LogP contribution in [0.3, 0.4) is 0 Å². The van der Waals surface area contributed by atoms with Gasteiger partial charge in [0.05, 0.1) is 32.6 Å². The Kier molecular flexibility index (Phi) is 5.52. The molecule has 0 saturated carbocycles. The fraction of sp³-hybridized carbons (Fsp3) is 0.278. The van der Waals surface area contributed by atoms with Crippen molar-refractivity contribution in [3.63, 3.8) is 0 Å². The van der Waals surface area contributed by atoms with Gasteiger partial charge in [0.25, 0.3) is 0 Å². The molecule has 26 heavy (non-hydrogen) atoms. The van der Waals surface area contributed by atoms with E-state index < -0.39 is 5.97 Å². The molecule has 2 aromatic heterocycles. The first-order chi connectivity index (χ1) is 12.6. The van der Waals surface area contributed by atoms with E-state index in [1.807, 2.05) is 31.4 Å². The zero-order chi connectivity index (χ0) is 18.5. The fourth-order valence-corrected chi connectivity index (χ4v) is 3.29. The summed E-state index contributed by atoms with van der Waals surface area (Å²) in [6, 6.07) is 5.53. The normalized spacial score (nSPS) is 10.6. The molecular weight excluding hydrogens is 354 g/mol. The average molecular weight is 373 g/mol. The Bertz CT molecular complexity index is 903. The minimum Gasteiger partial charge on any atom is -0.493 e. The maximum Gasteiger partial charge on any atom is 0.357 e. The molecule has 3 rings (SSSR count). The van der Waals surface area contributed by atoms with Crippen molar-refractivity contribution in [2.24, 2.45) is 7.05 Å². The van der Waals surface area contributed by atoms with Gasteiger partial charge in [0.1, 0.15) is 5.01 Å². The smallest absolute Gasteiger partial charge is 0.357 e. The molecule has 136 valence electrons. The van der Waals surface area contributed by atoms with Gasteiger partial charge in [-0.2, -0.15) is 5.10 Å². The van der Waals surface area contributed by atoms with Crippen LogP contribution in [-0.2, 0) is 18.2 Å². The van der Waals surface area contributed by atoms with Gasteiger partial charge in [0.15, 0.2) is 17.2 Å². The Hall–Kier alpha value is -2.87. The Labute approximate surface area is 155 Å². The molecule has 0 bridgehead atoms. The van der Waals surface area contributed by atoms with Crippen LogP contribution in [0, 0.1) is 0 Å². The number of esters is 1. The van der Waals surface area contributed by atoms with E-state index >= 15 is 0 Å². The second-order valence-corrected chi connectivity index (χ2v) is 6.35. The number of rotatable bonds is 7. The number of carbonyl (C=O) groups excluding carboxylic acids is 1. The molecule has 0 aliphatic carbocycles. The highest BCUT2D eigenvalue weighted by molar-refractivity contribution is 7.13. The number of benzene rings is 1. The number of para-hydroxylation sites is 1. The van der Waals surface area contributed by atoms with Crippen LogP contribution in [0.25, 0.3) is 10.6 Å². The van der Waals surface area contributed by atoms with Gasteiger partial charge in [-0.1, -0.05) is 6.07 Å². The zero-order valence-electron chi connectivity index (χ0n) is 14.8. The van der Waals surface area contributed by atoms with Gasteiger partial charge in [-0.05, 0) is 17.7 Å². The van der Waals surface area contributed by atoms with Crippen molar-refractivity contribution >= 4 is 17.3 Å². The van der Waals surface area contributed by atoms with Crippen LogP contribution in [0.1, 0.15) is 16.1 Å². The van der Waals surface area contributed by atoms with E-state index in [1.165, 1.54) is 11.3 Å². The largest absolute Gasteiger partial charge is 0.493 e. The number of aryl methyl sites for hydroxylation is 1. The lowest BCUT2D eigenvalue weighted by molar-refractivity contribution is 0.0503. The van der Waals surface area contributed by atoms with Crippen LogP contribution in [0.4, 0.5) is 0 Å². The fourth-order valence-electron chi connectivity index (χ4n) is 2.48. The summed E-state index contributed by atoms with van der Waals surface area (Å²) in [7, 11) is 5.00. The van der Waals surface area contributed by atoms with E-state index in [9.17, 15) is 4.79 Å². The monoisotopic (exact) mass is 373 g/mol. The van der Waals surface area contributed by atoms with Crippen LogP contribution in [0.2, 0.25) is 0 Å². The number of carbonyl (C=O) groups is 1. The van der Waals surface area contributed by atoms with E-state index in [2.05, 4.69) is 10.1 Å². The summed E-state index contributed by atoms with van der Waals surface area (Å²) in [6.07, 6.45) is 4.26. The van der Waals surface area contributed by atoms with E-state index in [1.54, 1.807) is 30.5 Å². The maximum atomic E-state index is 12.2. The van der Waals surface area contributed by atoms with E-state index in [-0.39, 0.29) is 12.3 Å². The minimum atomic E-state index is -0.446. The van der Waals surface area contributed by atoms with Gasteiger partial charge in [-0.15, -0.1) is 11.3 Å². The summed E-state index contributed by atoms with van der Waals surface area (Å²) in [5.74, 6) is 0.750. The van der Waals surface area contributed by atoms with Gasteiger partial charge < -0.3 is 14.2 Å². The van der Waals surface area contributed by atoms with Crippen molar-refractivity contribution in [2.45, 2.75) is 6.42 Å². The van der Waals surface area contributed by atoms with Crippen LogP contribution >= 0.6 is 11.3 Å². The summed E-state index contributed by atoms with van der Waals surface area (Å²) in [5.41, 5.74) is 2.06. The lowest BCUT2D eigenvalue weighted by Gasteiger charge is -2.10. The van der Waals surface area contributed by atoms with Gasteiger partial charge in [-0.3, -0.25) is 4.68 Å². The molecule has 0 aliphatic rings. The molecule has 0 saturated heterocycles. The first-order valence-corrected chi connectivity index (χ1v) is 8.82. The van der Waals surface area contributed by atoms with Crippen LogP contribution < -0.4 is 9.47 Å². The number of aromatic nitrogens is 3. The van der Waals surface area contributed by atoms with Crippen molar-refractivity contribution in [1.29, 1.82) is 0 Å². The summed E-state index contributed by atoms with van der Waals surface area (Å²) >= 11 is 1.35. The molecule has 0 N–H and O–H groups in total. The second kappa shape index (κ2) is 8.01. The molecule has 0 amide bonds. The van der Waals surface area contributed by atoms with Crippen molar-refractivity contribution in [3.8, 4) is 22.1 Å². The number of thiazole rings is 1. The molecule has 0 fully saturated rings. The molecule has 3 aromatic rings. The number of hydrogen-bond donors (Lipinski definition) is 0. The van der Waals surface area contributed by atoms with E-state index in [0.29, 0.717) is 22.9 Å². The third kappa shape index (κ3) is 3.85. The van der Waals surface area contributed by atoms with Crippen molar-refractivity contribution < 1.29 is 19.0 Å². The highest BCUT2D eigenvalue weighted by Crippen LogP contribution is 2.38. The molecule has 7 nitrogen and oxygen atoms in total. The highest BCUT2D eigenvalue weighted by atomic mass is 32.1. The Morgan fingerprint density at radius 2 is 2.12 bits per heavy atom. The number of methoxy groups -OCH3 is 2. The quantitative estimate of drug-likeness (QED) is 0.593. The molecular formula is C18H19N3O4S. The van der Waals surface area contributed by atoms with Crippen molar-refractivity contribution in [1.82, 2.24) is 14.8 Å². The van der Waals surface area contributed by atoms with Crippen molar-refractivity contribution in [3.05, 3.63) is 47.2 Å². The predicted octanol–water partition coefficient (Wildman–Crippen LogP) is 2.96. The minimum absolute atomic E-state index is 0.278. The number of ether oxygens (including phenoxy) is 3. The summed E-state index contributed by atoms with van der Waals surface area (Å²) in [5, 5.41) is 6.43. The van der Waals surface area contributed by atoms with Crippen LogP contribution in [0.5, 0.6) is 11.5 Å². The summed E-state index contributed by atoms with van der Waals surface area (Å²) in [6.45, 7) is 0.278. The lowest BCUT2D eigenvalue weighted by Crippen LogP contribution is -2.08. The zero-order valence-corrected chi connectivity index (χ0v) is 15.6. The Morgan fingerprint density at radius 1 is 1.27 bits per heavy atom. The standard InChI is InChI=1S/C18H19N3O4S/c1-21-10-12(9-19-21)7-8-25-18(22)14-11-26-17(20-14)13-5-4-6-15(23-2)16(13)24-3/h4-6,9-11H,7-8H2,1-3H3. The SMILES string of the molecule is COc1cccc(-c2nc(C(=O)OCCc3cnn(C)c3)cs2)c1OC. The van der Waals surface area contributed by atoms with Gasteiger partial charge in [0.2, 0.25) is 0 Å². The molecule has 2 heterocycles. The molecule has 0 aliphatic heterocycles. The number of hydrogen-bond acceptors (Lipinski definition) is 7. The molecule has 8 heteroatoms. The third-order valence-electron chi connectivity index (χ3n) is 3.73. The first kappa shape index (κ1) is 17.9. The van der Waals surface area contributed by atoms with Crippen molar-refractivity contribution in [2.75, 3.05) is 20.8 Å². The Morgan fingerprint density at radius 3 is 2.81 bits per heavy atom. The molecule has 0 spiro atoms. The highest BCUT2D eigenvalue weighted by Gasteiger charge is 2.18. The summed E-state index contributed by atoms with van der Waals surface area (Å²) in [4.78, 5) is 16.6. The second-order valence-electron chi connectivity index (χ2n) is 5.49. The lowest BCUT2D eigenvalue weighted by atomic mass is 10.2. The van der Waals surface area contributed by atoms with Gasteiger partial charge >= 0.3 is 5.97 Å². The molecule has 0 radical (unpaired) electrons. The molecule has 0 unspecified atom stereocenters. The predicted molar refractivity (Wildman–Crippen MR) is 97.8 cm³/mol. The Balaban J connectivity index is 1.68. The van der Waals surface area contributed by atoms with E-state index in [4.69, 9.17) is 14.2 Å². The van der Waals surface area contributed by atoms with Gasteiger partial charge in [-0.25, -0.2) is 9.78 Å². The first-order valence-electron chi connectivity index (χ1n) is 7.94. The maximum absolute atomic E-state index is 12.2. The van der Waals surface area contributed by atoms with Crippen LogP contribution in [0.15, 0.2) is 36.0 Å². The average Bonchev–Trinajstić information content (AvgIpc) is 3.30. The van der Waals surface area contributed by atoms with Crippen LogP contribution in [-0.4, -0.2) is 41.6 Å². The third-order valence-corrected chi connectivity index (χ3v) is 4.60. The molecule has 1 aromatic carbocycles. The summed E-state index contributed by atoms with van der Waals surface area (Å²) < 4.78 is 17.7. The van der Waals surface area contributed by atoms with Gasteiger partial charge in [0, 0.05) is 25.0 Å². The topological polar surface area (TPSA) is 75.5 Å². The number of nitrogens with zero attached hydrogens (tertiary/aromatic N) is 3.